The molecule has 0 aromatic carbocycles. The Labute approximate surface area is 135 Å². The summed E-state index contributed by atoms with van der Waals surface area (Å²) in [6.45, 7) is 9.89. The van der Waals surface area contributed by atoms with Crippen molar-refractivity contribution >= 4 is 5.82 Å². The van der Waals surface area contributed by atoms with E-state index in [1.54, 1.807) is 0 Å². The molecule has 3 nitrogen and oxygen atoms in total. The van der Waals surface area contributed by atoms with Gasteiger partial charge in [0.2, 0.25) is 0 Å². The normalized spacial score (nSPS) is 15.8. The molecule has 0 radical (unpaired) electrons. The van der Waals surface area contributed by atoms with E-state index in [1.807, 2.05) is 0 Å². The lowest BCUT2D eigenvalue weighted by molar-refractivity contribution is 0.322. The Bertz CT molecular complexity index is 477. The van der Waals surface area contributed by atoms with Gasteiger partial charge in [0.25, 0.3) is 0 Å². The van der Waals surface area contributed by atoms with Gasteiger partial charge < -0.3 is 9.42 Å². The van der Waals surface area contributed by atoms with Crippen LogP contribution >= 0.6 is 0 Å². The first-order valence-corrected chi connectivity index (χ1v) is 9.20. The van der Waals surface area contributed by atoms with Crippen LogP contribution in [0.15, 0.2) is 21.9 Å². The van der Waals surface area contributed by atoms with Crippen LogP contribution in [0.5, 0.6) is 0 Å². The lowest BCUT2D eigenvalue weighted by Crippen LogP contribution is -2.23. The van der Waals surface area contributed by atoms with Gasteiger partial charge in [0.1, 0.15) is 5.76 Å². The van der Waals surface area contributed by atoms with Crippen molar-refractivity contribution in [3.05, 3.63) is 23.1 Å². The zero-order valence-electron chi connectivity index (χ0n) is 14.8. The van der Waals surface area contributed by atoms with E-state index in [0.717, 1.165) is 37.4 Å². The van der Waals surface area contributed by atoms with Crippen LogP contribution in [0, 0.1) is 0 Å². The molecule has 0 atom stereocenters. The van der Waals surface area contributed by atoms with Crippen LogP contribution in [-0.4, -0.2) is 11.7 Å². The molecule has 1 fully saturated rings. The highest BCUT2D eigenvalue weighted by Gasteiger charge is 2.22. The molecule has 0 N–H and O–H groups in total. The second-order valence-corrected chi connectivity index (χ2v) is 6.28. The predicted molar refractivity (Wildman–Crippen MR) is 93.2 cm³/mol. The first kappa shape index (κ1) is 17.1. The minimum atomic E-state index is 0.583. The summed E-state index contributed by atoms with van der Waals surface area (Å²) in [5, 5.41) is 4.40. The number of hydrogen-bond donors (Lipinski definition) is 0. The zero-order chi connectivity index (χ0) is 15.9. The summed E-state index contributed by atoms with van der Waals surface area (Å²) in [7, 11) is 0. The largest absolute Gasteiger partial charge is 0.359 e. The standard InChI is InChI=1S/C19H32N2O/c1-5-15(6-2)17(7-3)21(8-4)19-14-18(22-20-19)16-12-10-9-11-13-16/h14,16H,5-13H2,1-4H3. The van der Waals surface area contributed by atoms with E-state index in [9.17, 15) is 0 Å². The molecule has 3 heteroatoms. The Hall–Kier alpha value is -1.25. The van der Waals surface area contributed by atoms with E-state index >= 15 is 0 Å². The molecule has 0 bridgehead atoms. The Morgan fingerprint density at radius 1 is 1.09 bits per heavy atom. The van der Waals surface area contributed by atoms with Gasteiger partial charge in [-0.1, -0.05) is 50.8 Å². The Balaban J connectivity index is 2.23. The number of allylic oxidation sites excluding steroid dienone is 2. The van der Waals surface area contributed by atoms with Gasteiger partial charge in [-0.05, 0) is 39.0 Å². The van der Waals surface area contributed by atoms with Crippen molar-refractivity contribution in [1.29, 1.82) is 0 Å². The maximum Gasteiger partial charge on any atom is 0.176 e. The monoisotopic (exact) mass is 304 g/mol. The van der Waals surface area contributed by atoms with E-state index in [-0.39, 0.29) is 0 Å². The predicted octanol–water partition coefficient (Wildman–Crippen LogP) is 6.03. The Kier molecular flexibility index (Phi) is 6.53. The summed E-state index contributed by atoms with van der Waals surface area (Å²) in [5.41, 5.74) is 2.96. The SMILES string of the molecule is CCC(CC)=C(CC)N(CC)c1cc(C2CCCCC2)on1. The molecule has 124 valence electrons. The Morgan fingerprint density at radius 3 is 2.32 bits per heavy atom. The van der Waals surface area contributed by atoms with Gasteiger partial charge in [0.15, 0.2) is 5.82 Å². The highest BCUT2D eigenvalue weighted by atomic mass is 16.5. The second-order valence-electron chi connectivity index (χ2n) is 6.28. The first-order valence-electron chi connectivity index (χ1n) is 9.20. The molecule has 1 aromatic rings. The summed E-state index contributed by atoms with van der Waals surface area (Å²) in [4.78, 5) is 2.35. The summed E-state index contributed by atoms with van der Waals surface area (Å²) in [5.74, 6) is 2.68. The second kappa shape index (κ2) is 8.40. The lowest BCUT2D eigenvalue weighted by Gasteiger charge is -2.25. The van der Waals surface area contributed by atoms with Crippen LogP contribution in [0.25, 0.3) is 0 Å². The topological polar surface area (TPSA) is 29.3 Å². The fourth-order valence-corrected chi connectivity index (χ4v) is 3.77. The maximum absolute atomic E-state index is 5.71. The molecule has 1 heterocycles. The third kappa shape index (κ3) is 3.74. The summed E-state index contributed by atoms with van der Waals surface area (Å²) < 4.78 is 5.71. The van der Waals surface area contributed by atoms with Crippen molar-refractivity contribution in [3.63, 3.8) is 0 Å². The van der Waals surface area contributed by atoms with Gasteiger partial charge in [0.05, 0.1) is 0 Å². The van der Waals surface area contributed by atoms with Crippen molar-refractivity contribution < 1.29 is 4.52 Å². The van der Waals surface area contributed by atoms with Crippen molar-refractivity contribution in [2.75, 3.05) is 11.4 Å². The van der Waals surface area contributed by atoms with Gasteiger partial charge >= 0.3 is 0 Å². The van der Waals surface area contributed by atoms with Crippen LogP contribution in [0.2, 0.25) is 0 Å². The quantitative estimate of drug-likeness (QED) is 0.615. The minimum Gasteiger partial charge on any atom is -0.359 e. The van der Waals surface area contributed by atoms with E-state index in [2.05, 4.69) is 43.8 Å². The molecular weight excluding hydrogens is 272 g/mol. The minimum absolute atomic E-state index is 0.583. The molecule has 0 amide bonds. The molecule has 0 saturated heterocycles. The van der Waals surface area contributed by atoms with Crippen molar-refractivity contribution in [3.8, 4) is 0 Å². The lowest BCUT2D eigenvalue weighted by atomic mass is 9.87. The molecule has 0 unspecified atom stereocenters. The highest BCUT2D eigenvalue weighted by Crippen LogP contribution is 2.35. The molecule has 1 aliphatic rings. The summed E-state index contributed by atoms with van der Waals surface area (Å²) in [6.07, 6.45) is 9.82. The van der Waals surface area contributed by atoms with Crippen LogP contribution in [0.1, 0.15) is 90.7 Å². The maximum atomic E-state index is 5.71. The molecule has 1 aromatic heterocycles. The highest BCUT2D eigenvalue weighted by molar-refractivity contribution is 5.47. The number of hydrogen-bond acceptors (Lipinski definition) is 3. The van der Waals surface area contributed by atoms with Crippen LogP contribution in [0.3, 0.4) is 0 Å². The van der Waals surface area contributed by atoms with Gasteiger partial charge in [-0.2, -0.15) is 0 Å². The number of aromatic nitrogens is 1. The Morgan fingerprint density at radius 2 is 1.77 bits per heavy atom. The van der Waals surface area contributed by atoms with E-state index in [0.29, 0.717) is 5.92 Å². The number of rotatable bonds is 7. The van der Waals surface area contributed by atoms with Crippen LogP contribution < -0.4 is 4.90 Å². The zero-order valence-corrected chi connectivity index (χ0v) is 14.8. The van der Waals surface area contributed by atoms with Gasteiger partial charge in [0, 0.05) is 24.2 Å². The molecule has 0 spiro atoms. The van der Waals surface area contributed by atoms with Crippen LogP contribution in [0.4, 0.5) is 5.82 Å². The number of nitrogens with zero attached hydrogens (tertiary/aromatic N) is 2. The summed E-state index contributed by atoms with van der Waals surface area (Å²) >= 11 is 0. The number of anilines is 1. The molecule has 22 heavy (non-hydrogen) atoms. The van der Waals surface area contributed by atoms with Crippen LogP contribution in [-0.2, 0) is 0 Å². The third-order valence-corrected chi connectivity index (χ3v) is 5.04. The first-order chi connectivity index (χ1) is 10.7. The van der Waals surface area contributed by atoms with E-state index in [1.165, 1.54) is 43.4 Å². The van der Waals surface area contributed by atoms with E-state index in [4.69, 9.17) is 4.52 Å². The fourth-order valence-electron chi connectivity index (χ4n) is 3.77. The molecule has 0 aliphatic heterocycles. The summed E-state index contributed by atoms with van der Waals surface area (Å²) in [6, 6.07) is 2.19. The van der Waals surface area contributed by atoms with Crippen molar-refractivity contribution in [2.24, 2.45) is 0 Å². The van der Waals surface area contributed by atoms with Gasteiger partial charge in [-0.15, -0.1) is 0 Å². The van der Waals surface area contributed by atoms with E-state index < -0.39 is 0 Å². The third-order valence-electron chi connectivity index (χ3n) is 5.04. The molecule has 1 saturated carbocycles. The molecular formula is C19H32N2O. The molecule has 1 aliphatic carbocycles. The van der Waals surface area contributed by atoms with Crippen molar-refractivity contribution in [2.45, 2.75) is 85.0 Å². The average molecular weight is 304 g/mol. The fraction of sp³-hybridized carbons (Fsp3) is 0.737. The average Bonchev–Trinajstić information content (AvgIpc) is 3.05. The van der Waals surface area contributed by atoms with Crippen molar-refractivity contribution in [1.82, 2.24) is 5.16 Å². The van der Waals surface area contributed by atoms with Gasteiger partial charge in [-0.3, -0.25) is 0 Å². The molecule has 2 rings (SSSR count). The smallest absolute Gasteiger partial charge is 0.176 e. The van der Waals surface area contributed by atoms with Gasteiger partial charge in [-0.25, -0.2) is 0 Å².